The second-order valence-electron chi connectivity index (χ2n) is 6.95. The molecule has 1 aromatic carbocycles. The summed E-state index contributed by atoms with van der Waals surface area (Å²) < 4.78 is 7.68. The van der Waals surface area contributed by atoms with Gasteiger partial charge in [0.25, 0.3) is 5.91 Å². The van der Waals surface area contributed by atoms with Crippen LogP contribution in [0.3, 0.4) is 0 Å². The van der Waals surface area contributed by atoms with E-state index in [1.807, 2.05) is 12.1 Å². The molecule has 2 aromatic rings. The van der Waals surface area contributed by atoms with Gasteiger partial charge in [-0.05, 0) is 50.8 Å². The van der Waals surface area contributed by atoms with Crippen LogP contribution in [0.2, 0.25) is 0 Å². The van der Waals surface area contributed by atoms with Crippen molar-refractivity contribution in [3.63, 3.8) is 0 Å². The van der Waals surface area contributed by atoms with Crippen LogP contribution in [0.1, 0.15) is 55.7 Å². The molecule has 1 N–H and O–H groups in total. The van der Waals surface area contributed by atoms with Crippen molar-refractivity contribution in [1.29, 1.82) is 0 Å². The van der Waals surface area contributed by atoms with Gasteiger partial charge in [-0.15, -0.1) is 0 Å². The zero-order chi connectivity index (χ0) is 16.7. The third-order valence-electron chi connectivity index (χ3n) is 4.95. The van der Waals surface area contributed by atoms with Gasteiger partial charge < -0.3 is 14.6 Å². The minimum absolute atomic E-state index is 0.0151. The summed E-state index contributed by atoms with van der Waals surface area (Å²) in [4.78, 5) is 12.9. The number of methoxy groups -OCH3 is 1. The lowest BCUT2D eigenvalue weighted by Gasteiger charge is -2.17. The highest BCUT2D eigenvalue weighted by Gasteiger charge is 2.30. The molecule has 1 saturated carbocycles. The lowest BCUT2D eigenvalue weighted by atomic mass is 10.0. The minimum Gasteiger partial charge on any atom is -0.497 e. The van der Waals surface area contributed by atoms with E-state index < -0.39 is 0 Å². The van der Waals surface area contributed by atoms with E-state index in [1.54, 1.807) is 7.11 Å². The van der Waals surface area contributed by atoms with Gasteiger partial charge in [-0.25, -0.2) is 0 Å². The number of aromatic nitrogens is 1. The van der Waals surface area contributed by atoms with Crippen molar-refractivity contribution in [3.8, 4) is 5.75 Å². The Balaban J connectivity index is 2.10. The number of amides is 1. The van der Waals surface area contributed by atoms with Crippen molar-refractivity contribution in [1.82, 2.24) is 9.88 Å². The molecule has 1 fully saturated rings. The van der Waals surface area contributed by atoms with Gasteiger partial charge >= 0.3 is 0 Å². The molecule has 0 radical (unpaired) electrons. The largest absolute Gasteiger partial charge is 0.497 e. The molecule has 4 nitrogen and oxygen atoms in total. The molecular formula is C19H26N2O2. The van der Waals surface area contributed by atoms with Crippen LogP contribution in [0.5, 0.6) is 5.75 Å². The molecule has 1 atom stereocenters. The van der Waals surface area contributed by atoms with Gasteiger partial charge in [0.2, 0.25) is 0 Å². The number of rotatable bonds is 5. The van der Waals surface area contributed by atoms with E-state index in [2.05, 4.69) is 43.6 Å². The molecule has 23 heavy (non-hydrogen) atoms. The summed E-state index contributed by atoms with van der Waals surface area (Å²) in [5, 5.41) is 4.13. The predicted molar refractivity (Wildman–Crippen MR) is 93.3 cm³/mol. The topological polar surface area (TPSA) is 43.3 Å². The fraction of sp³-hybridized carbons (Fsp3) is 0.526. The van der Waals surface area contributed by atoms with E-state index in [4.69, 9.17) is 4.74 Å². The van der Waals surface area contributed by atoms with Gasteiger partial charge in [0.1, 0.15) is 5.75 Å². The molecule has 1 aromatic heterocycles. The number of fused-ring (bicyclic) bond motifs is 1. The average molecular weight is 314 g/mol. The summed E-state index contributed by atoms with van der Waals surface area (Å²) in [6, 6.07) is 6.71. The number of carbonyl (C=O) groups is 1. The van der Waals surface area contributed by atoms with E-state index >= 15 is 0 Å². The maximum absolute atomic E-state index is 12.9. The van der Waals surface area contributed by atoms with Crippen molar-refractivity contribution in [2.24, 2.45) is 5.92 Å². The number of nitrogens with one attached hydrogen (secondary N) is 1. The summed E-state index contributed by atoms with van der Waals surface area (Å²) >= 11 is 0. The summed E-state index contributed by atoms with van der Waals surface area (Å²) in [5.74, 6) is 1.21. The Morgan fingerprint density at radius 2 is 2.00 bits per heavy atom. The molecule has 1 amide bonds. The van der Waals surface area contributed by atoms with Crippen LogP contribution in [0.4, 0.5) is 0 Å². The maximum Gasteiger partial charge on any atom is 0.253 e. The Hall–Kier alpha value is -1.97. The number of ether oxygens (including phenoxy) is 1. The highest BCUT2D eigenvalue weighted by atomic mass is 16.5. The van der Waals surface area contributed by atoms with Crippen LogP contribution in [0, 0.1) is 12.8 Å². The van der Waals surface area contributed by atoms with Crippen molar-refractivity contribution >= 4 is 16.8 Å². The Bertz CT molecular complexity index is 741. The number of benzene rings is 1. The minimum atomic E-state index is 0.0151. The number of hydrogen-bond donors (Lipinski definition) is 1. The van der Waals surface area contributed by atoms with E-state index in [9.17, 15) is 4.79 Å². The smallest absolute Gasteiger partial charge is 0.253 e. The first-order chi connectivity index (χ1) is 10.9. The van der Waals surface area contributed by atoms with Crippen molar-refractivity contribution in [2.45, 2.75) is 52.6 Å². The molecule has 3 rings (SSSR count). The van der Waals surface area contributed by atoms with Gasteiger partial charge in [-0.3, -0.25) is 4.79 Å². The fourth-order valence-electron chi connectivity index (χ4n) is 3.08. The molecule has 0 saturated heterocycles. The normalized spacial score (nSPS) is 15.9. The first-order valence-corrected chi connectivity index (χ1v) is 8.43. The van der Waals surface area contributed by atoms with Gasteiger partial charge in [-0.1, -0.05) is 13.8 Å². The molecule has 1 aliphatic carbocycles. The van der Waals surface area contributed by atoms with Crippen LogP contribution in [-0.2, 0) is 0 Å². The van der Waals surface area contributed by atoms with E-state index in [-0.39, 0.29) is 11.9 Å². The van der Waals surface area contributed by atoms with Crippen LogP contribution >= 0.6 is 0 Å². The highest BCUT2D eigenvalue weighted by Crippen LogP contribution is 2.41. The van der Waals surface area contributed by atoms with Crippen LogP contribution < -0.4 is 10.1 Å². The standard InChI is InChI=1S/C19H26N2O2/c1-11(2)12(3)20-19(22)18-13(4)21(14-6-7-14)17-9-8-15(23-5)10-16(17)18/h8-12,14H,6-7H2,1-5H3,(H,20,22). The second-order valence-corrected chi connectivity index (χ2v) is 6.95. The van der Waals surface area contributed by atoms with Crippen LogP contribution in [-0.4, -0.2) is 23.6 Å². The molecule has 0 spiro atoms. The summed E-state index contributed by atoms with van der Waals surface area (Å²) in [7, 11) is 1.66. The predicted octanol–water partition coefficient (Wildman–Crippen LogP) is 4.07. The van der Waals surface area contributed by atoms with Gasteiger partial charge in [0.15, 0.2) is 0 Å². The molecular weight excluding hydrogens is 288 g/mol. The summed E-state index contributed by atoms with van der Waals surface area (Å²) in [5.41, 5.74) is 2.98. The zero-order valence-corrected chi connectivity index (χ0v) is 14.6. The summed E-state index contributed by atoms with van der Waals surface area (Å²) in [6.07, 6.45) is 2.39. The van der Waals surface area contributed by atoms with E-state index in [1.165, 1.54) is 12.8 Å². The van der Waals surface area contributed by atoms with Crippen LogP contribution in [0.15, 0.2) is 18.2 Å². The fourth-order valence-corrected chi connectivity index (χ4v) is 3.08. The molecule has 124 valence electrons. The second kappa shape index (κ2) is 5.91. The molecule has 1 unspecified atom stereocenters. The Labute approximate surface area is 137 Å². The third-order valence-corrected chi connectivity index (χ3v) is 4.95. The van der Waals surface area contributed by atoms with E-state index in [0.29, 0.717) is 12.0 Å². The third kappa shape index (κ3) is 2.82. The summed E-state index contributed by atoms with van der Waals surface area (Å²) in [6.45, 7) is 8.35. The quantitative estimate of drug-likeness (QED) is 0.904. The molecule has 1 aliphatic rings. The Kier molecular flexibility index (Phi) is 4.09. The van der Waals surface area contributed by atoms with E-state index in [0.717, 1.165) is 27.9 Å². The van der Waals surface area contributed by atoms with Gasteiger partial charge in [-0.2, -0.15) is 0 Å². The first kappa shape index (κ1) is 15.9. The maximum atomic E-state index is 12.9. The van der Waals surface area contributed by atoms with Crippen LogP contribution in [0.25, 0.3) is 10.9 Å². The van der Waals surface area contributed by atoms with Crippen molar-refractivity contribution < 1.29 is 9.53 Å². The average Bonchev–Trinajstić information content (AvgIpc) is 3.29. The SMILES string of the molecule is COc1ccc2c(c1)c(C(=O)NC(C)C(C)C)c(C)n2C1CC1. The van der Waals surface area contributed by atoms with Gasteiger partial charge in [0.05, 0.1) is 12.7 Å². The zero-order valence-electron chi connectivity index (χ0n) is 14.6. The highest BCUT2D eigenvalue weighted by molar-refractivity contribution is 6.09. The Morgan fingerprint density at radius 1 is 1.30 bits per heavy atom. The van der Waals surface area contributed by atoms with Gasteiger partial charge in [0, 0.05) is 28.7 Å². The number of carbonyl (C=O) groups excluding carboxylic acids is 1. The number of hydrogen-bond acceptors (Lipinski definition) is 2. The number of nitrogens with zero attached hydrogens (tertiary/aromatic N) is 1. The van der Waals surface area contributed by atoms with Crippen molar-refractivity contribution in [2.75, 3.05) is 7.11 Å². The molecule has 0 aliphatic heterocycles. The Morgan fingerprint density at radius 3 is 2.57 bits per heavy atom. The molecule has 0 bridgehead atoms. The van der Waals surface area contributed by atoms with Crippen molar-refractivity contribution in [3.05, 3.63) is 29.5 Å². The molecule has 4 heteroatoms. The first-order valence-electron chi connectivity index (χ1n) is 8.43. The monoisotopic (exact) mass is 314 g/mol. The molecule has 1 heterocycles. The lowest BCUT2D eigenvalue weighted by molar-refractivity contribution is 0.0931. The lowest BCUT2D eigenvalue weighted by Crippen LogP contribution is -2.36.